The van der Waals surface area contributed by atoms with E-state index in [2.05, 4.69) is 12.1 Å². The van der Waals surface area contributed by atoms with Gasteiger partial charge in [0.05, 0.1) is 31.2 Å². The van der Waals surface area contributed by atoms with Crippen molar-refractivity contribution in [1.29, 1.82) is 0 Å². The maximum atomic E-state index is 12.7. The molecule has 0 N–H and O–H groups in total. The van der Waals surface area contributed by atoms with Gasteiger partial charge in [0.15, 0.2) is 0 Å². The molecule has 0 unspecified atom stereocenters. The average molecular weight is 474 g/mol. The Morgan fingerprint density at radius 3 is 2.41 bits per heavy atom. The second-order valence-electron chi connectivity index (χ2n) is 8.09. The van der Waals surface area contributed by atoms with Crippen molar-refractivity contribution < 1.29 is 31.1 Å². The van der Waals surface area contributed by atoms with Gasteiger partial charge in [0.25, 0.3) is 0 Å². The van der Waals surface area contributed by atoms with Gasteiger partial charge in [0.2, 0.25) is 5.36 Å². The molecule has 0 atom stereocenters. The van der Waals surface area contributed by atoms with Crippen LogP contribution in [-0.4, -0.2) is 34.3 Å². The van der Waals surface area contributed by atoms with E-state index in [9.17, 15) is 4.79 Å². The Morgan fingerprint density at radius 2 is 1.68 bits per heavy atom. The Morgan fingerprint density at radius 1 is 0.882 bits per heavy atom. The predicted molar refractivity (Wildman–Crippen MR) is 131 cm³/mol. The van der Waals surface area contributed by atoms with Gasteiger partial charge in [-0.25, -0.2) is 9.37 Å². The third-order valence-electron chi connectivity index (χ3n) is 6.01. The molecular formula is C28H24ClNO4. The van der Waals surface area contributed by atoms with E-state index in [0.29, 0.717) is 11.1 Å². The van der Waals surface area contributed by atoms with Crippen LogP contribution < -0.4 is 27.1 Å². The Labute approximate surface area is 203 Å². The number of esters is 1. The third kappa shape index (κ3) is 3.68. The number of benzene rings is 4. The second-order valence-corrected chi connectivity index (χ2v) is 8.09. The number of rotatable bonds is 3. The molecule has 0 amide bonds. The first-order valence-corrected chi connectivity index (χ1v) is 10.7. The maximum Gasteiger partial charge on any atom is 0.338 e. The summed E-state index contributed by atoms with van der Waals surface area (Å²) in [4.78, 5) is 12.7. The largest absolute Gasteiger partial charge is 1.00 e. The summed E-state index contributed by atoms with van der Waals surface area (Å²) >= 11 is 0. The molecule has 1 heterocycles. The Balaban J connectivity index is 0.00000274. The summed E-state index contributed by atoms with van der Waals surface area (Å²) in [5.41, 5.74) is 3.85. The van der Waals surface area contributed by atoms with Crippen molar-refractivity contribution in [2.24, 2.45) is 0 Å². The molecule has 1 aliphatic carbocycles. The summed E-state index contributed by atoms with van der Waals surface area (Å²) in [7, 11) is 7.05. The number of fused-ring (bicyclic) bond motifs is 4. The predicted octanol–water partition coefficient (Wildman–Crippen LogP) is 2.19. The number of halogens is 1. The zero-order valence-corrected chi connectivity index (χ0v) is 20.1. The zero-order valence-electron chi connectivity index (χ0n) is 19.4. The second kappa shape index (κ2) is 9.20. The molecule has 3 aromatic rings. The molecule has 34 heavy (non-hydrogen) atoms. The molecule has 5 nitrogen and oxygen atoms in total. The summed E-state index contributed by atoms with van der Waals surface area (Å²) < 4.78 is 19.4. The molecule has 0 saturated carbocycles. The molecule has 0 saturated heterocycles. The van der Waals surface area contributed by atoms with E-state index < -0.39 is 0 Å². The van der Waals surface area contributed by atoms with Crippen LogP contribution in [0.1, 0.15) is 10.4 Å². The SMILES string of the molecule is COC(=O)c1ccccc1-c1c2ccc(=[N+](C)C)cc-2oc2c1ccc1cccc(OC)c12.[Cl-]. The number of carbonyl (C=O) groups excluding carboxylic acids is 1. The van der Waals surface area contributed by atoms with Crippen LogP contribution in [0.2, 0.25) is 0 Å². The van der Waals surface area contributed by atoms with E-state index in [1.54, 1.807) is 13.2 Å². The van der Waals surface area contributed by atoms with Crippen LogP contribution in [0.5, 0.6) is 5.75 Å². The van der Waals surface area contributed by atoms with Crippen LogP contribution in [-0.2, 0) is 4.74 Å². The molecule has 5 rings (SSSR count). The zero-order chi connectivity index (χ0) is 23.1. The van der Waals surface area contributed by atoms with Crippen molar-refractivity contribution in [1.82, 2.24) is 4.58 Å². The van der Waals surface area contributed by atoms with Crippen LogP contribution in [0.4, 0.5) is 0 Å². The van der Waals surface area contributed by atoms with Gasteiger partial charge in [-0.1, -0.05) is 36.4 Å². The smallest absolute Gasteiger partial charge is 0.338 e. The number of carbonyl (C=O) groups is 1. The fourth-order valence-corrected chi connectivity index (χ4v) is 4.40. The molecule has 1 aliphatic heterocycles. The Hall–Kier alpha value is -3.83. The van der Waals surface area contributed by atoms with Gasteiger partial charge in [0, 0.05) is 22.6 Å². The van der Waals surface area contributed by atoms with E-state index >= 15 is 0 Å². The van der Waals surface area contributed by atoms with Crippen LogP contribution in [0.15, 0.2) is 77.2 Å². The molecule has 0 spiro atoms. The molecule has 0 aromatic heterocycles. The lowest BCUT2D eigenvalue weighted by Crippen LogP contribution is -3.00. The van der Waals surface area contributed by atoms with Gasteiger partial charge < -0.3 is 26.3 Å². The first-order chi connectivity index (χ1) is 16.0. The fraction of sp³-hybridized carbons (Fsp3) is 0.143. The molecular weight excluding hydrogens is 450 g/mol. The average Bonchev–Trinajstić information content (AvgIpc) is 2.85. The lowest BCUT2D eigenvalue weighted by molar-refractivity contribution is -0.0000219. The standard InChI is InChI=1S/C28H24NO4.ClH/c1-29(2)18-13-15-21-24(16-18)33-27-22(14-12-17-8-7-11-23(31-3)25(17)27)26(21)19-9-5-6-10-20(19)28(30)32-4;/h5-16H,1-4H3;1H/q+1;/p-1. The summed E-state index contributed by atoms with van der Waals surface area (Å²) in [5.74, 6) is 1.08. The van der Waals surface area contributed by atoms with Crippen LogP contribution in [0, 0.1) is 0 Å². The number of hydrogen-bond acceptors (Lipinski definition) is 4. The maximum absolute atomic E-state index is 12.7. The molecule has 0 radical (unpaired) electrons. The first kappa shape index (κ1) is 23.3. The van der Waals surface area contributed by atoms with Gasteiger partial charge in [-0.3, -0.25) is 0 Å². The van der Waals surface area contributed by atoms with E-state index in [-0.39, 0.29) is 18.4 Å². The highest BCUT2D eigenvalue weighted by atomic mass is 35.5. The number of ether oxygens (including phenoxy) is 2. The minimum atomic E-state index is -0.379. The highest BCUT2D eigenvalue weighted by Crippen LogP contribution is 2.44. The van der Waals surface area contributed by atoms with E-state index in [4.69, 9.17) is 13.9 Å². The molecule has 6 heteroatoms. The van der Waals surface area contributed by atoms with Gasteiger partial charge >= 0.3 is 5.97 Å². The van der Waals surface area contributed by atoms with Crippen LogP contribution >= 0.6 is 0 Å². The molecule has 2 aliphatic rings. The topological polar surface area (TPSA) is 51.7 Å². The number of nitrogens with zero attached hydrogens (tertiary/aromatic N) is 1. The van der Waals surface area contributed by atoms with Gasteiger partial charge in [-0.15, -0.1) is 0 Å². The van der Waals surface area contributed by atoms with Crippen LogP contribution in [0.25, 0.3) is 44.2 Å². The van der Waals surface area contributed by atoms with Crippen molar-refractivity contribution in [3.63, 3.8) is 0 Å². The highest BCUT2D eigenvalue weighted by Gasteiger charge is 2.23. The third-order valence-corrected chi connectivity index (χ3v) is 6.01. The molecule has 0 fully saturated rings. The first-order valence-electron chi connectivity index (χ1n) is 10.7. The van der Waals surface area contributed by atoms with Gasteiger partial charge in [-0.05, 0) is 35.2 Å². The van der Waals surface area contributed by atoms with Gasteiger partial charge in [-0.2, -0.15) is 0 Å². The minimum absolute atomic E-state index is 0. The number of methoxy groups -OCH3 is 2. The normalized spacial score (nSPS) is 10.8. The van der Waals surface area contributed by atoms with Crippen molar-refractivity contribution >= 4 is 27.7 Å². The molecule has 3 aromatic carbocycles. The van der Waals surface area contributed by atoms with E-state index in [0.717, 1.165) is 49.7 Å². The molecule has 172 valence electrons. The van der Waals surface area contributed by atoms with Crippen molar-refractivity contribution in [2.75, 3.05) is 28.3 Å². The summed E-state index contributed by atoms with van der Waals surface area (Å²) in [6.45, 7) is 0. The lowest BCUT2D eigenvalue weighted by atomic mass is 9.89. The van der Waals surface area contributed by atoms with Crippen LogP contribution in [0.3, 0.4) is 0 Å². The van der Waals surface area contributed by atoms with Gasteiger partial charge in [0.1, 0.15) is 31.2 Å². The van der Waals surface area contributed by atoms with Crippen molar-refractivity contribution in [2.45, 2.75) is 0 Å². The molecule has 0 bridgehead atoms. The Kier molecular flexibility index (Phi) is 6.31. The summed E-state index contributed by atoms with van der Waals surface area (Å²) in [6, 6.07) is 23.7. The fourth-order valence-electron chi connectivity index (χ4n) is 4.40. The summed E-state index contributed by atoms with van der Waals surface area (Å²) in [5, 5.41) is 3.82. The van der Waals surface area contributed by atoms with E-state index in [1.165, 1.54) is 7.11 Å². The van der Waals surface area contributed by atoms with Crippen molar-refractivity contribution in [3.05, 3.63) is 83.7 Å². The quantitative estimate of drug-likeness (QED) is 0.174. The minimum Gasteiger partial charge on any atom is -1.00 e. The summed E-state index contributed by atoms with van der Waals surface area (Å²) in [6.07, 6.45) is 0. The van der Waals surface area contributed by atoms with E-state index in [1.807, 2.05) is 73.3 Å². The number of hydrogen-bond donors (Lipinski definition) is 0. The monoisotopic (exact) mass is 473 g/mol. The lowest BCUT2D eigenvalue weighted by Gasteiger charge is -2.18. The highest BCUT2D eigenvalue weighted by molar-refractivity contribution is 6.15. The Bertz CT molecular complexity index is 1580. The van der Waals surface area contributed by atoms with Crippen molar-refractivity contribution in [3.8, 4) is 28.2 Å².